The third-order valence-electron chi connectivity index (χ3n) is 10.9. The molecule has 0 spiro atoms. The molecule has 1 aromatic heterocycles. The predicted octanol–water partition coefficient (Wildman–Crippen LogP) is 3.92. The van der Waals surface area contributed by atoms with Crippen LogP contribution in [0.1, 0.15) is 61.3 Å². The van der Waals surface area contributed by atoms with Gasteiger partial charge in [0.05, 0.1) is 22.1 Å². The van der Waals surface area contributed by atoms with E-state index in [0.717, 1.165) is 33.9 Å². The lowest BCUT2D eigenvalue weighted by atomic mass is 9.46. The van der Waals surface area contributed by atoms with Crippen LogP contribution in [0.3, 0.4) is 0 Å². The van der Waals surface area contributed by atoms with E-state index >= 15 is 0 Å². The first kappa shape index (κ1) is 27.2. The fourth-order valence-electron chi connectivity index (χ4n) is 9.21. The highest BCUT2D eigenvalue weighted by molar-refractivity contribution is 7.11. The molecule has 41 heavy (non-hydrogen) atoms. The maximum absolute atomic E-state index is 13.7. The fraction of sp³-hybridized carbons (Fsp3) is 0.531. The number of benzene rings is 1. The third kappa shape index (κ3) is 3.82. The van der Waals surface area contributed by atoms with Crippen molar-refractivity contribution in [2.75, 3.05) is 12.3 Å². The number of carbonyl (C=O) groups excluding carboxylic acids is 2. The number of aliphatic hydroxyl groups is 2. The number of fused-ring (bicyclic) bond motifs is 7. The molecule has 216 valence electrons. The largest absolute Gasteiger partial charge is 0.399 e. The monoisotopic (exact) mass is 576 g/mol. The number of hydrogen-bond acceptors (Lipinski definition) is 9. The number of nitrogens with zero attached hydrogens (tertiary/aromatic N) is 1. The van der Waals surface area contributed by atoms with E-state index in [2.05, 4.69) is 11.9 Å². The Hall–Kier alpha value is -2.69. The number of nitrogen functional groups attached to an aromatic ring is 1. The van der Waals surface area contributed by atoms with Gasteiger partial charge >= 0.3 is 0 Å². The average Bonchev–Trinajstić information content (AvgIpc) is 3.61. The summed E-state index contributed by atoms with van der Waals surface area (Å²) in [6, 6.07) is 7.70. The summed E-state index contributed by atoms with van der Waals surface area (Å²) in [4.78, 5) is 31.2. The standard InChI is InChI=1S/C32H36N2O6S/c1-30-9-8-20(36)12-18(30)6-7-21-22-13-26-32(25(38)16-35,31(22,2)14-23(37)28(21)30)40-29(39-26)24-15-34-27(41-24)11-17-4-3-5-19(33)10-17/h3-5,8-10,12,15,21-23,26,28-29,35,37H,6-7,11,13-14,16,33H2,1-2H3. The van der Waals surface area contributed by atoms with Gasteiger partial charge in [-0.2, -0.15) is 0 Å². The Kier molecular flexibility index (Phi) is 6.23. The quantitative estimate of drug-likeness (QED) is 0.457. The van der Waals surface area contributed by atoms with Gasteiger partial charge in [0.15, 0.2) is 23.5 Å². The zero-order valence-corrected chi connectivity index (χ0v) is 24.1. The second kappa shape index (κ2) is 9.41. The van der Waals surface area contributed by atoms with Gasteiger partial charge in [-0.25, -0.2) is 4.98 Å². The molecule has 7 rings (SSSR count). The van der Waals surface area contributed by atoms with E-state index in [4.69, 9.17) is 15.2 Å². The Morgan fingerprint density at radius 3 is 2.90 bits per heavy atom. The van der Waals surface area contributed by atoms with Crippen molar-refractivity contribution in [3.8, 4) is 0 Å². The number of anilines is 1. The number of ketones is 2. The Morgan fingerprint density at radius 1 is 1.29 bits per heavy atom. The van der Waals surface area contributed by atoms with E-state index in [1.165, 1.54) is 11.3 Å². The Balaban J connectivity index is 1.19. The summed E-state index contributed by atoms with van der Waals surface area (Å²) in [5.41, 5.74) is 6.28. The van der Waals surface area contributed by atoms with Gasteiger partial charge in [0.2, 0.25) is 0 Å². The summed E-state index contributed by atoms with van der Waals surface area (Å²) in [6.07, 6.45) is 8.25. The molecule has 9 heteroatoms. The zero-order valence-electron chi connectivity index (χ0n) is 23.3. The normalized spacial score (nSPS) is 40.9. The van der Waals surface area contributed by atoms with Gasteiger partial charge in [-0.3, -0.25) is 9.59 Å². The first-order valence-corrected chi connectivity index (χ1v) is 15.3. The molecule has 4 aliphatic carbocycles. The van der Waals surface area contributed by atoms with Crippen LogP contribution >= 0.6 is 11.3 Å². The van der Waals surface area contributed by atoms with E-state index in [1.807, 2.05) is 37.3 Å². The maximum Gasteiger partial charge on any atom is 0.196 e. The van der Waals surface area contributed by atoms with Gasteiger partial charge in [0.25, 0.3) is 0 Å². The molecule has 0 amide bonds. The molecule has 4 fully saturated rings. The molecule has 5 aliphatic rings. The van der Waals surface area contributed by atoms with Crippen LogP contribution in [0, 0.1) is 28.6 Å². The van der Waals surface area contributed by atoms with Gasteiger partial charge in [0, 0.05) is 35.1 Å². The summed E-state index contributed by atoms with van der Waals surface area (Å²) in [5.74, 6) is -0.284. The topological polar surface area (TPSA) is 132 Å². The number of nitrogens with two attached hydrogens (primary N) is 1. The van der Waals surface area contributed by atoms with Crippen molar-refractivity contribution in [1.82, 2.24) is 4.98 Å². The van der Waals surface area contributed by atoms with Gasteiger partial charge in [-0.1, -0.05) is 37.6 Å². The molecule has 3 saturated carbocycles. The summed E-state index contributed by atoms with van der Waals surface area (Å²) < 4.78 is 13.2. The van der Waals surface area contributed by atoms with Gasteiger partial charge in [-0.15, -0.1) is 11.3 Å². The molecule has 9 atom stereocenters. The van der Waals surface area contributed by atoms with Crippen LogP contribution in [0.25, 0.3) is 0 Å². The van der Waals surface area contributed by atoms with Crippen molar-refractivity contribution in [1.29, 1.82) is 0 Å². The first-order valence-electron chi connectivity index (χ1n) is 14.5. The lowest BCUT2D eigenvalue weighted by Crippen LogP contribution is -2.63. The van der Waals surface area contributed by atoms with E-state index in [1.54, 1.807) is 18.3 Å². The van der Waals surface area contributed by atoms with Crippen molar-refractivity contribution >= 4 is 28.6 Å². The maximum atomic E-state index is 13.7. The van der Waals surface area contributed by atoms with Crippen LogP contribution in [0.2, 0.25) is 0 Å². The number of thiazole rings is 1. The smallest absolute Gasteiger partial charge is 0.196 e. The van der Waals surface area contributed by atoms with E-state index in [9.17, 15) is 19.8 Å². The van der Waals surface area contributed by atoms with Crippen LogP contribution in [-0.4, -0.2) is 51.2 Å². The van der Waals surface area contributed by atoms with Crippen LogP contribution < -0.4 is 5.73 Å². The number of ether oxygens (including phenoxy) is 2. The molecular formula is C32H36N2O6S. The number of allylic oxidation sites excluding steroid dienone is 4. The van der Waals surface area contributed by atoms with E-state index in [0.29, 0.717) is 24.9 Å². The van der Waals surface area contributed by atoms with Crippen LogP contribution in [0.5, 0.6) is 0 Å². The second-order valence-corrected chi connectivity index (χ2v) is 14.1. The number of aromatic nitrogens is 1. The predicted molar refractivity (Wildman–Crippen MR) is 153 cm³/mol. The first-order chi connectivity index (χ1) is 19.6. The zero-order chi connectivity index (χ0) is 28.7. The number of rotatable bonds is 5. The van der Waals surface area contributed by atoms with Crippen LogP contribution in [0.15, 0.2) is 54.3 Å². The number of aliphatic hydroxyl groups excluding tert-OH is 2. The third-order valence-corrected chi connectivity index (χ3v) is 11.9. The van der Waals surface area contributed by atoms with Crippen molar-refractivity contribution in [3.05, 3.63) is 69.7 Å². The molecule has 1 aliphatic heterocycles. The molecule has 0 bridgehead atoms. The number of carbonyl (C=O) groups is 2. The molecule has 0 radical (unpaired) electrons. The van der Waals surface area contributed by atoms with Crippen molar-refractivity contribution in [3.63, 3.8) is 0 Å². The van der Waals surface area contributed by atoms with Gasteiger partial charge in [0.1, 0.15) is 6.61 Å². The van der Waals surface area contributed by atoms with Crippen LogP contribution in [0.4, 0.5) is 5.69 Å². The summed E-state index contributed by atoms with van der Waals surface area (Å²) in [7, 11) is 0. The SMILES string of the molecule is CC12C=CC(=O)C=C1CCC1C2C(O)CC2(C)C1CC1OC(c3cnc(Cc4cccc(N)c4)s3)OC12C(=O)CO. The molecule has 8 nitrogen and oxygen atoms in total. The van der Waals surface area contributed by atoms with Crippen LogP contribution in [-0.2, 0) is 25.5 Å². The molecular weight excluding hydrogens is 540 g/mol. The lowest BCUT2D eigenvalue weighted by molar-refractivity contribution is -0.200. The summed E-state index contributed by atoms with van der Waals surface area (Å²) >= 11 is 1.48. The van der Waals surface area contributed by atoms with Crippen molar-refractivity contribution in [2.24, 2.45) is 28.6 Å². The molecule has 1 aromatic carbocycles. The number of Topliss-reactive ketones (excluding diaryl/α,β-unsaturated/α-hetero) is 1. The van der Waals surface area contributed by atoms with Crippen molar-refractivity contribution < 1.29 is 29.3 Å². The number of hydrogen-bond donors (Lipinski definition) is 3. The molecule has 2 aromatic rings. The average molecular weight is 577 g/mol. The minimum absolute atomic E-state index is 0.000853. The molecule has 2 heterocycles. The van der Waals surface area contributed by atoms with Crippen molar-refractivity contribution in [2.45, 2.75) is 70.1 Å². The highest BCUT2D eigenvalue weighted by Gasteiger charge is 2.76. The van der Waals surface area contributed by atoms with E-state index < -0.39 is 47.3 Å². The Morgan fingerprint density at radius 2 is 2.12 bits per heavy atom. The minimum Gasteiger partial charge on any atom is -0.399 e. The van der Waals surface area contributed by atoms with E-state index in [-0.39, 0.29) is 23.5 Å². The summed E-state index contributed by atoms with van der Waals surface area (Å²) in [6.45, 7) is 3.52. The highest BCUT2D eigenvalue weighted by Crippen LogP contribution is 2.70. The molecule has 1 saturated heterocycles. The fourth-order valence-corrected chi connectivity index (χ4v) is 10.1. The highest BCUT2D eigenvalue weighted by atomic mass is 32.1. The lowest BCUT2D eigenvalue weighted by Gasteiger charge is -2.59. The summed E-state index contributed by atoms with van der Waals surface area (Å²) in [5, 5.41) is 22.9. The molecule has 9 unspecified atom stereocenters. The van der Waals surface area contributed by atoms with Gasteiger partial charge < -0.3 is 25.4 Å². The minimum atomic E-state index is -1.36. The molecule has 4 N–H and O–H groups in total. The Labute approximate surface area is 243 Å². The van der Waals surface area contributed by atoms with Gasteiger partial charge in [-0.05, 0) is 67.4 Å². The Bertz CT molecular complexity index is 1480. The second-order valence-electron chi connectivity index (χ2n) is 12.9.